The summed E-state index contributed by atoms with van der Waals surface area (Å²) in [4.78, 5) is 28.7. The molecule has 0 saturated carbocycles. The van der Waals surface area contributed by atoms with Crippen molar-refractivity contribution in [2.45, 2.75) is 18.1 Å². The van der Waals surface area contributed by atoms with Crippen LogP contribution >= 0.6 is 11.8 Å². The second-order valence-corrected chi connectivity index (χ2v) is 7.65. The number of hydrogen-bond donors (Lipinski definition) is 0. The minimum atomic E-state index is -0.595. The minimum absolute atomic E-state index is 0.198. The summed E-state index contributed by atoms with van der Waals surface area (Å²) in [5.41, 5.74) is 1.62. The number of nitro groups is 1. The van der Waals surface area contributed by atoms with Crippen LogP contribution in [0.25, 0.3) is 5.69 Å². The molecule has 0 aliphatic rings. The van der Waals surface area contributed by atoms with Gasteiger partial charge in [-0.1, -0.05) is 55.5 Å². The van der Waals surface area contributed by atoms with Crippen LogP contribution in [0.4, 0.5) is 0 Å². The van der Waals surface area contributed by atoms with Crippen molar-refractivity contribution < 1.29 is 9.72 Å². The number of rotatable bonds is 9. The quantitative estimate of drug-likeness (QED) is 0.308. The number of carbonyl (C=O) groups excluding carboxylic acids is 1. The number of aromatic nitrogens is 2. The van der Waals surface area contributed by atoms with Gasteiger partial charge >= 0.3 is 0 Å². The zero-order valence-electron chi connectivity index (χ0n) is 15.5. The number of carbonyl (C=O) groups is 1. The molecule has 144 valence electrons. The number of benzene rings is 2. The van der Waals surface area contributed by atoms with Gasteiger partial charge in [0.1, 0.15) is 0 Å². The van der Waals surface area contributed by atoms with Gasteiger partial charge in [0.05, 0.1) is 11.2 Å². The topological polar surface area (TPSA) is 78.0 Å². The Kier molecular flexibility index (Phi) is 6.60. The van der Waals surface area contributed by atoms with E-state index in [1.807, 2.05) is 67.6 Å². The van der Waals surface area contributed by atoms with Crippen molar-refractivity contribution in [2.75, 3.05) is 12.3 Å². The molecule has 0 aliphatic carbocycles. The molecular weight excluding hydrogens is 374 g/mol. The van der Waals surface area contributed by atoms with E-state index in [0.717, 1.165) is 11.3 Å². The van der Waals surface area contributed by atoms with Crippen LogP contribution in [0.1, 0.15) is 29.0 Å². The van der Waals surface area contributed by atoms with Crippen molar-refractivity contribution >= 4 is 17.5 Å². The molecule has 0 aliphatic heterocycles. The van der Waals surface area contributed by atoms with Crippen LogP contribution in [0.5, 0.6) is 0 Å². The van der Waals surface area contributed by atoms with Gasteiger partial charge in [0.2, 0.25) is 12.3 Å². The predicted octanol–water partition coefficient (Wildman–Crippen LogP) is 4.24. The van der Waals surface area contributed by atoms with Crippen LogP contribution in [0.3, 0.4) is 0 Å². The van der Waals surface area contributed by atoms with Crippen molar-refractivity contribution in [1.29, 1.82) is 0 Å². The van der Waals surface area contributed by atoms with Crippen molar-refractivity contribution in [1.82, 2.24) is 9.55 Å². The lowest BCUT2D eigenvalue weighted by Gasteiger charge is -2.23. The highest BCUT2D eigenvalue weighted by atomic mass is 32.2. The fraction of sp³-hybridized carbons (Fsp3) is 0.238. The molecule has 3 aromatic rings. The summed E-state index contributed by atoms with van der Waals surface area (Å²) < 4.78 is 1.74. The third kappa shape index (κ3) is 4.48. The average Bonchev–Trinajstić information content (AvgIpc) is 3.21. The van der Waals surface area contributed by atoms with E-state index in [9.17, 15) is 14.9 Å². The van der Waals surface area contributed by atoms with Crippen LogP contribution in [-0.2, 0) is 0 Å². The summed E-state index contributed by atoms with van der Waals surface area (Å²) in [6, 6.07) is 18.7. The van der Waals surface area contributed by atoms with Crippen LogP contribution < -0.4 is 0 Å². The highest BCUT2D eigenvalue weighted by Gasteiger charge is 2.35. The van der Waals surface area contributed by atoms with Gasteiger partial charge in [0, 0.05) is 23.0 Å². The summed E-state index contributed by atoms with van der Waals surface area (Å²) in [5, 5.41) is 10.8. The van der Waals surface area contributed by atoms with E-state index in [1.165, 1.54) is 11.8 Å². The van der Waals surface area contributed by atoms with Gasteiger partial charge in [-0.25, -0.2) is 4.98 Å². The molecule has 6 nitrogen and oxygen atoms in total. The molecule has 0 bridgehead atoms. The van der Waals surface area contributed by atoms with E-state index in [4.69, 9.17) is 0 Å². The molecule has 0 radical (unpaired) electrons. The Morgan fingerprint density at radius 2 is 1.79 bits per heavy atom. The summed E-state index contributed by atoms with van der Waals surface area (Å²) in [5.74, 6) is 0.233. The molecule has 0 saturated heterocycles. The molecule has 2 aromatic carbocycles. The first-order valence-corrected chi connectivity index (χ1v) is 10.1. The molecule has 3 rings (SSSR count). The highest BCUT2D eigenvalue weighted by molar-refractivity contribution is 8.00. The first kappa shape index (κ1) is 19.8. The minimum Gasteiger partial charge on any atom is -0.297 e. The normalized spacial score (nSPS) is 13.0. The van der Waals surface area contributed by atoms with Gasteiger partial charge in [-0.05, 0) is 23.4 Å². The lowest BCUT2D eigenvalue weighted by molar-refractivity contribution is -0.483. The lowest BCUT2D eigenvalue weighted by Crippen LogP contribution is -2.32. The zero-order chi connectivity index (χ0) is 19.9. The third-order valence-corrected chi connectivity index (χ3v) is 5.67. The Morgan fingerprint density at radius 1 is 1.14 bits per heavy atom. The van der Waals surface area contributed by atoms with Gasteiger partial charge in [-0.15, -0.1) is 11.8 Å². The SMILES string of the molecule is CCS[C@H](C(=O)c1nccn1-c1ccccc1)[C@H](C[N+](=O)[O-])c1ccccc1. The van der Waals surface area contributed by atoms with Crippen molar-refractivity contribution in [3.8, 4) is 5.69 Å². The van der Waals surface area contributed by atoms with Gasteiger partial charge in [0.25, 0.3) is 0 Å². The molecule has 2 atom stereocenters. The molecule has 0 amide bonds. The summed E-state index contributed by atoms with van der Waals surface area (Å²) in [6.45, 7) is 1.64. The van der Waals surface area contributed by atoms with Crippen LogP contribution in [0.15, 0.2) is 73.1 Å². The van der Waals surface area contributed by atoms with Crippen molar-refractivity contribution in [2.24, 2.45) is 0 Å². The number of ketones is 1. The van der Waals surface area contributed by atoms with Crippen LogP contribution in [0.2, 0.25) is 0 Å². The van der Waals surface area contributed by atoms with E-state index in [0.29, 0.717) is 11.6 Å². The fourth-order valence-corrected chi connectivity index (χ4v) is 4.29. The molecule has 0 fully saturated rings. The molecule has 7 heteroatoms. The smallest absolute Gasteiger partial charge is 0.212 e. The fourth-order valence-electron chi connectivity index (χ4n) is 3.20. The maximum atomic E-state index is 13.5. The molecule has 0 N–H and O–H groups in total. The molecular formula is C21H21N3O3S. The van der Waals surface area contributed by atoms with Gasteiger partial charge in [-0.2, -0.15) is 0 Å². The Bertz CT molecular complexity index is 928. The average molecular weight is 395 g/mol. The predicted molar refractivity (Wildman–Crippen MR) is 111 cm³/mol. The number of Topliss-reactive ketones (excluding diaryl/α,β-unsaturated/α-hetero) is 1. The third-order valence-electron chi connectivity index (χ3n) is 4.44. The van der Waals surface area contributed by atoms with E-state index in [2.05, 4.69) is 4.98 Å². The van der Waals surface area contributed by atoms with E-state index in [-0.39, 0.29) is 17.3 Å². The second-order valence-electron chi connectivity index (χ2n) is 6.23. The monoisotopic (exact) mass is 395 g/mol. The maximum Gasteiger partial charge on any atom is 0.212 e. The van der Waals surface area contributed by atoms with E-state index >= 15 is 0 Å². The number of imidazole rings is 1. The summed E-state index contributed by atoms with van der Waals surface area (Å²) >= 11 is 1.42. The number of para-hydroxylation sites is 1. The van der Waals surface area contributed by atoms with E-state index < -0.39 is 11.2 Å². The number of hydrogen-bond acceptors (Lipinski definition) is 5. The van der Waals surface area contributed by atoms with Crippen LogP contribution in [-0.4, -0.2) is 37.8 Å². The first-order chi connectivity index (χ1) is 13.6. The molecule has 28 heavy (non-hydrogen) atoms. The van der Waals surface area contributed by atoms with Gasteiger partial charge < -0.3 is 0 Å². The maximum absolute atomic E-state index is 13.5. The largest absolute Gasteiger partial charge is 0.297 e. The summed E-state index contributed by atoms with van der Waals surface area (Å²) in [6.07, 6.45) is 3.32. The Morgan fingerprint density at radius 3 is 2.39 bits per heavy atom. The molecule has 0 spiro atoms. The molecule has 0 unspecified atom stereocenters. The Balaban J connectivity index is 2.00. The number of thioether (sulfide) groups is 1. The standard InChI is InChI=1S/C21H21N3O3S/c1-2-28-20(18(15-24(26)27)16-9-5-3-6-10-16)19(25)21-22-13-14-23(21)17-11-7-4-8-12-17/h3-14,18,20H,2,15H2,1H3/t18-,20+/m1/s1. The van der Waals surface area contributed by atoms with Gasteiger partial charge in [0.15, 0.2) is 5.82 Å². The molecule has 1 heterocycles. The first-order valence-electron chi connectivity index (χ1n) is 9.03. The van der Waals surface area contributed by atoms with Crippen molar-refractivity contribution in [3.63, 3.8) is 0 Å². The van der Waals surface area contributed by atoms with Gasteiger partial charge in [-0.3, -0.25) is 19.5 Å². The molecule has 1 aromatic heterocycles. The highest BCUT2D eigenvalue weighted by Crippen LogP contribution is 2.32. The summed E-state index contributed by atoms with van der Waals surface area (Å²) in [7, 11) is 0. The van der Waals surface area contributed by atoms with E-state index in [1.54, 1.807) is 17.0 Å². The lowest BCUT2D eigenvalue weighted by atomic mass is 9.93. The number of nitrogens with zero attached hydrogens (tertiary/aromatic N) is 3. The second kappa shape index (κ2) is 9.32. The zero-order valence-corrected chi connectivity index (χ0v) is 16.3. The van der Waals surface area contributed by atoms with Crippen molar-refractivity contribution in [3.05, 3.63) is 94.6 Å². The van der Waals surface area contributed by atoms with Crippen LogP contribution in [0, 0.1) is 10.1 Å². The Hall–Kier alpha value is -2.93. The Labute approximate surface area is 167 Å².